The van der Waals surface area contributed by atoms with Crippen molar-refractivity contribution in [3.63, 3.8) is 0 Å². The lowest BCUT2D eigenvalue weighted by Crippen LogP contribution is -2.38. The minimum atomic E-state index is -0.564. The van der Waals surface area contributed by atoms with E-state index < -0.39 is 16.3 Å². The Kier molecular flexibility index (Phi) is 3.15. The zero-order valence-corrected chi connectivity index (χ0v) is 13.9. The molecule has 2 heterocycles. The van der Waals surface area contributed by atoms with Crippen molar-refractivity contribution in [2.45, 2.75) is 30.0 Å². The van der Waals surface area contributed by atoms with E-state index in [0.29, 0.717) is 11.0 Å². The molecule has 106 valence electrons. The van der Waals surface area contributed by atoms with Crippen LogP contribution in [0, 0.1) is 5.82 Å². The average molecular weight is 388 g/mol. The summed E-state index contributed by atoms with van der Waals surface area (Å²) in [5.41, 5.74) is 0.598. The van der Waals surface area contributed by atoms with Gasteiger partial charge >= 0.3 is 7.12 Å². The summed E-state index contributed by atoms with van der Waals surface area (Å²) in [7, 11) is 1.21. The van der Waals surface area contributed by atoms with Crippen LogP contribution in [0.1, 0.15) is 20.8 Å². The number of aryl methyl sites for hydroxylation is 1. The van der Waals surface area contributed by atoms with Crippen LogP contribution in [0.15, 0.2) is 18.3 Å². The quantitative estimate of drug-likeness (QED) is 0.428. The predicted octanol–water partition coefficient (Wildman–Crippen LogP) is 2.38. The maximum absolute atomic E-state index is 14.1. The van der Waals surface area contributed by atoms with E-state index in [1.807, 2.05) is 26.8 Å². The molecule has 0 aliphatic carbocycles. The third-order valence-electron chi connectivity index (χ3n) is 3.78. The summed E-state index contributed by atoms with van der Waals surface area (Å²) in [4.78, 5) is 0. The molecular formula is C13H15BFIN2O2. The summed E-state index contributed by atoms with van der Waals surface area (Å²) in [6, 6.07) is 3.30. The molecule has 3 rings (SSSR count). The molecule has 0 spiro atoms. The van der Waals surface area contributed by atoms with E-state index in [0.717, 1.165) is 5.39 Å². The molecule has 0 bridgehead atoms. The molecule has 1 aliphatic rings. The maximum atomic E-state index is 14.1. The van der Waals surface area contributed by atoms with Gasteiger partial charge in [0.05, 0.1) is 5.60 Å². The topological polar surface area (TPSA) is 36.3 Å². The van der Waals surface area contributed by atoms with Gasteiger partial charge in [0.2, 0.25) is 0 Å². The Morgan fingerprint density at radius 1 is 1.30 bits per heavy atom. The Morgan fingerprint density at radius 3 is 2.60 bits per heavy atom. The molecule has 1 saturated heterocycles. The van der Waals surface area contributed by atoms with Crippen LogP contribution in [0.3, 0.4) is 0 Å². The predicted molar refractivity (Wildman–Crippen MR) is 84.7 cm³/mol. The van der Waals surface area contributed by atoms with Crippen LogP contribution in [0.25, 0.3) is 10.9 Å². The van der Waals surface area contributed by atoms with Gasteiger partial charge in [0.15, 0.2) is 5.82 Å². The molecule has 1 fully saturated rings. The van der Waals surface area contributed by atoms with Crippen LogP contribution in [-0.2, 0) is 16.4 Å². The first-order valence-corrected chi connectivity index (χ1v) is 7.45. The second-order valence-corrected chi connectivity index (χ2v) is 7.80. The van der Waals surface area contributed by atoms with E-state index in [1.165, 1.54) is 6.07 Å². The number of hydrogen-bond acceptors (Lipinski definition) is 3. The lowest BCUT2D eigenvalue weighted by atomic mass is 9.78. The van der Waals surface area contributed by atoms with Gasteiger partial charge in [0.25, 0.3) is 0 Å². The van der Waals surface area contributed by atoms with Gasteiger partial charge in [-0.2, -0.15) is 5.10 Å². The van der Waals surface area contributed by atoms with Crippen LogP contribution in [0.4, 0.5) is 4.39 Å². The van der Waals surface area contributed by atoms with Crippen molar-refractivity contribution in [2.75, 3.05) is 0 Å². The van der Waals surface area contributed by atoms with Gasteiger partial charge in [-0.1, -0.05) is 6.07 Å². The zero-order chi connectivity index (χ0) is 14.7. The third-order valence-corrected chi connectivity index (χ3v) is 5.33. The summed E-state index contributed by atoms with van der Waals surface area (Å²) in [5, 5.41) is 4.84. The second-order valence-electron chi connectivity index (χ2n) is 5.74. The minimum Gasteiger partial charge on any atom is -0.398 e. The number of fused-ring (bicyclic) bond motifs is 1. The molecule has 1 aromatic carbocycles. The Morgan fingerprint density at radius 2 is 2.00 bits per heavy atom. The molecule has 7 heteroatoms. The molecule has 1 atom stereocenters. The summed E-state index contributed by atoms with van der Waals surface area (Å²) < 4.78 is 27.1. The number of alkyl halides is 1. The average Bonchev–Trinajstić information content (AvgIpc) is 2.77. The second kappa shape index (κ2) is 4.41. The van der Waals surface area contributed by atoms with Gasteiger partial charge in [-0.3, -0.25) is 4.68 Å². The van der Waals surface area contributed by atoms with Crippen molar-refractivity contribution < 1.29 is 13.7 Å². The highest BCUT2D eigenvalue weighted by atomic mass is 127. The van der Waals surface area contributed by atoms with E-state index >= 15 is 0 Å². The molecule has 1 aromatic heterocycles. The Balaban J connectivity index is 2.04. The molecule has 2 aromatic rings. The van der Waals surface area contributed by atoms with E-state index in [9.17, 15) is 4.39 Å². The first-order chi connectivity index (χ1) is 9.19. The molecule has 0 saturated carbocycles. The number of halogens is 2. The van der Waals surface area contributed by atoms with Crippen molar-refractivity contribution in [3.8, 4) is 0 Å². The van der Waals surface area contributed by atoms with E-state index in [1.54, 1.807) is 17.9 Å². The molecule has 20 heavy (non-hydrogen) atoms. The molecule has 0 radical (unpaired) electrons. The van der Waals surface area contributed by atoms with Gasteiger partial charge in [0, 0.05) is 18.6 Å². The van der Waals surface area contributed by atoms with Crippen molar-refractivity contribution in [2.24, 2.45) is 7.05 Å². The largest absolute Gasteiger partial charge is 0.495 e. The van der Waals surface area contributed by atoms with Crippen LogP contribution in [-0.4, -0.2) is 26.1 Å². The van der Waals surface area contributed by atoms with Crippen LogP contribution < -0.4 is 5.46 Å². The summed E-state index contributed by atoms with van der Waals surface area (Å²) in [6.45, 7) is 5.91. The highest BCUT2D eigenvalue weighted by Gasteiger charge is 2.53. The fourth-order valence-corrected chi connectivity index (χ4v) is 2.60. The van der Waals surface area contributed by atoms with Gasteiger partial charge in [-0.05, 0) is 54.9 Å². The minimum absolute atomic E-state index is 0.356. The van der Waals surface area contributed by atoms with Crippen LogP contribution >= 0.6 is 22.6 Å². The van der Waals surface area contributed by atoms with Crippen molar-refractivity contribution >= 4 is 46.1 Å². The van der Waals surface area contributed by atoms with E-state index in [-0.39, 0.29) is 5.82 Å². The Bertz CT molecular complexity index is 670. The van der Waals surface area contributed by atoms with Gasteiger partial charge in [-0.15, -0.1) is 0 Å². The summed E-state index contributed by atoms with van der Waals surface area (Å²) in [6.07, 6.45) is 1.78. The normalized spacial score (nSPS) is 25.6. The fraction of sp³-hybridized carbons (Fsp3) is 0.462. The van der Waals surface area contributed by atoms with Crippen LogP contribution in [0.2, 0.25) is 0 Å². The van der Waals surface area contributed by atoms with Crippen molar-refractivity contribution in [1.82, 2.24) is 9.78 Å². The number of benzene rings is 1. The molecule has 0 amide bonds. The molecular weight excluding hydrogens is 373 g/mol. The Labute approximate surface area is 130 Å². The first kappa shape index (κ1) is 14.3. The molecule has 0 N–H and O–H groups in total. The van der Waals surface area contributed by atoms with Crippen molar-refractivity contribution in [1.29, 1.82) is 0 Å². The Hall–Kier alpha value is -0.665. The maximum Gasteiger partial charge on any atom is 0.495 e. The number of hydrogen-bond donors (Lipinski definition) is 0. The summed E-state index contributed by atoms with van der Waals surface area (Å²) in [5.74, 6) is -0.356. The van der Waals surface area contributed by atoms with E-state index in [2.05, 4.69) is 27.7 Å². The first-order valence-electron chi connectivity index (χ1n) is 6.37. The van der Waals surface area contributed by atoms with Gasteiger partial charge in [-0.25, -0.2) is 4.39 Å². The number of rotatable bonds is 1. The highest BCUT2D eigenvalue weighted by Crippen LogP contribution is 2.42. The van der Waals surface area contributed by atoms with Gasteiger partial charge < -0.3 is 9.31 Å². The number of nitrogens with zero attached hydrogens (tertiary/aromatic N) is 2. The summed E-state index contributed by atoms with van der Waals surface area (Å²) >= 11 is 2.22. The fourth-order valence-electron chi connectivity index (χ4n) is 2.25. The molecule has 1 aliphatic heterocycles. The monoisotopic (exact) mass is 388 g/mol. The smallest absolute Gasteiger partial charge is 0.398 e. The van der Waals surface area contributed by atoms with E-state index in [4.69, 9.17) is 9.31 Å². The SMILES string of the molecule is Cn1cc2cc(B3OC(C)(C)C(C)(I)O3)cc(F)c2n1. The standard InChI is InChI=1S/C13H15BFIN2O2/c1-12(2)13(3,16)20-14(19-12)9-5-8-7-18(4)17-11(8)10(15)6-9/h5-7H,1-4H3. The molecule has 1 unspecified atom stereocenters. The lowest BCUT2D eigenvalue weighted by molar-refractivity contribution is 0.0726. The van der Waals surface area contributed by atoms with Crippen molar-refractivity contribution in [3.05, 3.63) is 24.1 Å². The van der Waals surface area contributed by atoms with Crippen LogP contribution in [0.5, 0.6) is 0 Å². The third kappa shape index (κ3) is 2.15. The highest BCUT2D eigenvalue weighted by molar-refractivity contribution is 14.1. The lowest BCUT2D eigenvalue weighted by Gasteiger charge is -2.30. The number of aromatic nitrogens is 2. The molecule has 4 nitrogen and oxygen atoms in total. The zero-order valence-electron chi connectivity index (χ0n) is 11.8. The van der Waals surface area contributed by atoms with Gasteiger partial charge in [0.1, 0.15) is 9.12 Å².